The van der Waals surface area contributed by atoms with Gasteiger partial charge >= 0.3 is 0 Å². The van der Waals surface area contributed by atoms with E-state index < -0.39 is 0 Å². The molecule has 0 atom stereocenters. The molecule has 19 heavy (non-hydrogen) atoms. The van der Waals surface area contributed by atoms with Gasteiger partial charge in [0.15, 0.2) is 0 Å². The number of hydrogen-bond acceptors (Lipinski definition) is 2. The minimum absolute atomic E-state index is 0.245. The van der Waals surface area contributed by atoms with Crippen molar-refractivity contribution >= 4 is 11.0 Å². The molecule has 0 saturated heterocycles. The van der Waals surface area contributed by atoms with E-state index in [1.165, 1.54) is 12.1 Å². The maximum Gasteiger partial charge on any atom is 0.123 e. The Bertz CT molecular complexity index is 749. The third-order valence-corrected chi connectivity index (χ3v) is 3.11. The first-order chi connectivity index (χ1) is 9.13. The zero-order valence-electron chi connectivity index (χ0n) is 10.8. The molecule has 0 amide bonds. The Hall–Kier alpha value is -2.29. The minimum Gasteiger partial charge on any atom is -0.249 e. The maximum atomic E-state index is 13.0. The van der Waals surface area contributed by atoms with Crippen LogP contribution in [0, 0.1) is 19.7 Å². The van der Waals surface area contributed by atoms with Crippen LogP contribution < -0.4 is 0 Å². The highest BCUT2D eigenvalue weighted by Gasteiger charge is 2.07. The molecule has 1 heterocycles. The van der Waals surface area contributed by atoms with E-state index in [-0.39, 0.29) is 5.82 Å². The van der Waals surface area contributed by atoms with Crippen LogP contribution in [0.4, 0.5) is 4.39 Å². The van der Waals surface area contributed by atoms with Crippen molar-refractivity contribution in [3.8, 4) is 11.3 Å². The van der Waals surface area contributed by atoms with E-state index >= 15 is 0 Å². The van der Waals surface area contributed by atoms with Gasteiger partial charge in [0.05, 0.1) is 22.4 Å². The van der Waals surface area contributed by atoms with Crippen molar-refractivity contribution < 1.29 is 4.39 Å². The van der Waals surface area contributed by atoms with E-state index in [4.69, 9.17) is 0 Å². The highest BCUT2D eigenvalue weighted by Crippen LogP contribution is 2.23. The molecule has 0 aliphatic carbocycles. The molecule has 94 valence electrons. The highest BCUT2D eigenvalue weighted by molar-refractivity contribution is 5.79. The second-order valence-electron chi connectivity index (χ2n) is 4.66. The first-order valence-corrected chi connectivity index (χ1v) is 6.14. The number of aromatic nitrogens is 2. The van der Waals surface area contributed by atoms with E-state index in [0.717, 1.165) is 33.5 Å². The predicted octanol–water partition coefficient (Wildman–Crippen LogP) is 4.05. The quantitative estimate of drug-likeness (QED) is 0.653. The van der Waals surface area contributed by atoms with Crippen LogP contribution in [0.25, 0.3) is 22.3 Å². The zero-order valence-corrected chi connectivity index (χ0v) is 10.8. The lowest BCUT2D eigenvalue weighted by Crippen LogP contribution is -1.94. The zero-order chi connectivity index (χ0) is 13.4. The lowest BCUT2D eigenvalue weighted by atomic mass is 10.1. The average Bonchev–Trinajstić information content (AvgIpc) is 2.39. The summed E-state index contributed by atoms with van der Waals surface area (Å²) in [5.74, 6) is -0.245. The van der Waals surface area contributed by atoms with Crippen LogP contribution in [-0.4, -0.2) is 9.97 Å². The summed E-state index contributed by atoms with van der Waals surface area (Å²) in [5.41, 5.74) is 5.45. The second-order valence-corrected chi connectivity index (χ2v) is 4.66. The number of halogens is 1. The van der Waals surface area contributed by atoms with Gasteiger partial charge < -0.3 is 0 Å². The topological polar surface area (TPSA) is 25.8 Å². The van der Waals surface area contributed by atoms with Crippen LogP contribution in [0.5, 0.6) is 0 Å². The number of rotatable bonds is 1. The van der Waals surface area contributed by atoms with Gasteiger partial charge in [0.2, 0.25) is 0 Å². The van der Waals surface area contributed by atoms with Crippen molar-refractivity contribution in [1.82, 2.24) is 9.97 Å². The van der Waals surface area contributed by atoms with Crippen molar-refractivity contribution in [1.29, 1.82) is 0 Å². The predicted molar refractivity (Wildman–Crippen MR) is 74.4 cm³/mol. The van der Waals surface area contributed by atoms with Crippen LogP contribution in [0.15, 0.2) is 42.5 Å². The van der Waals surface area contributed by atoms with Gasteiger partial charge in [0.25, 0.3) is 0 Å². The molecule has 0 radical (unpaired) electrons. The molecule has 0 spiro atoms. The number of nitrogens with zero attached hydrogens (tertiary/aromatic N) is 2. The van der Waals surface area contributed by atoms with E-state index in [1.807, 2.05) is 32.0 Å². The fourth-order valence-electron chi connectivity index (χ4n) is 2.13. The summed E-state index contributed by atoms with van der Waals surface area (Å²) in [7, 11) is 0. The first-order valence-electron chi connectivity index (χ1n) is 6.14. The normalized spacial score (nSPS) is 10.9. The molecule has 2 aromatic carbocycles. The van der Waals surface area contributed by atoms with Crippen LogP contribution >= 0.6 is 0 Å². The van der Waals surface area contributed by atoms with Gasteiger partial charge in [-0.15, -0.1) is 0 Å². The monoisotopic (exact) mass is 252 g/mol. The Balaban J connectivity index is 2.21. The van der Waals surface area contributed by atoms with Gasteiger partial charge in [0, 0.05) is 5.56 Å². The van der Waals surface area contributed by atoms with Crippen LogP contribution in [0.1, 0.15) is 11.3 Å². The lowest BCUT2D eigenvalue weighted by Gasteiger charge is -2.07. The Kier molecular flexibility index (Phi) is 2.75. The van der Waals surface area contributed by atoms with Crippen molar-refractivity contribution in [3.63, 3.8) is 0 Å². The van der Waals surface area contributed by atoms with Crippen molar-refractivity contribution in [2.24, 2.45) is 0 Å². The molecule has 3 aromatic rings. The van der Waals surface area contributed by atoms with Gasteiger partial charge in [-0.25, -0.2) is 14.4 Å². The number of hydrogen-bond donors (Lipinski definition) is 0. The summed E-state index contributed by atoms with van der Waals surface area (Å²) in [6, 6.07) is 12.3. The Morgan fingerprint density at radius 1 is 0.842 bits per heavy atom. The average molecular weight is 252 g/mol. The molecule has 2 nitrogen and oxygen atoms in total. The van der Waals surface area contributed by atoms with Crippen LogP contribution in [0.3, 0.4) is 0 Å². The summed E-state index contributed by atoms with van der Waals surface area (Å²) in [6.07, 6.45) is 0. The molecular formula is C16H13FN2. The fourth-order valence-corrected chi connectivity index (χ4v) is 2.13. The maximum absolute atomic E-state index is 13.0. The van der Waals surface area contributed by atoms with Crippen molar-refractivity contribution in [2.45, 2.75) is 13.8 Å². The number of fused-ring (bicyclic) bond motifs is 1. The first kappa shape index (κ1) is 11.8. The molecule has 0 aliphatic rings. The number of aryl methyl sites for hydroxylation is 2. The Labute approximate surface area is 111 Å². The lowest BCUT2D eigenvalue weighted by molar-refractivity contribution is 0.628. The second kappa shape index (κ2) is 4.43. The largest absolute Gasteiger partial charge is 0.249 e. The third-order valence-electron chi connectivity index (χ3n) is 3.11. The summed E-state index contributed by atoms with van der Waals surface area (Å²) < 4.78 is 13.0. The summed E-state index contributed by atoms with van der Waals surface area (Å²) in [4.78, 5) is 9.21. The van der Waals surface area contributed by atoms with E-state index in [1.54, 1.807) is 12.1 Å². The van der Waals surface area contributed by atoms with Gasteiger partial charge in [-0.3, -0.25) is 0 Å². The molecule has 0 saturated carbocycles. The van der Waals surface area contributed by atoms with Gasteiger partial charge in [-0.1, -0.05) is 6.07 Å². The summed E-state index contributed by atoms with van der Waals surface area (Å²) in [6.45, 7) is 3.96. The molecule has 3 rings (SSSR count). The van der Waals surface area contributed by atoms with Gasteiger partial charge in [-0.05, 0) is 55.8 Å². The molecule has 1 aromatic heterocycles. The molecule has 0 bridgehead atoms. The van der Waals surface area contributed by atoms with Gasteiger partial charge in [-0.2, -0.15) is 0 Å². The molecule has 3 heteroatoms. The van der Waals surface area contributed by atoms with Crippen molar-refractivity contribution in [2.75, 3.05) is 0 Å². The van der Waals surface area contributed by atoms with E-state index in [9.17, 15) is 4.39 Å². The van der Waals surface area contributed by atoms with E-state index in [2.05, 4.69) is 9.97 Å². The highest BCUT2D eigenvalue weighted by atomic mass is 19.1. The summed E-state index contributed by atoms with van der Waals surface area (Å²) >= 11 is 0. The Morgan fingerprint density at radius 2 is 1.58 bits per heavy atom. The smallest absolute Gasteiger partial charge is 0.123 e. The van der Waals surface area contributed by atoms with Crippen molar-refractivity contribution in [3.05, 3.63) is 59.5 Å². The molecule has 0 unspecified atom stereocenters. The third kappa shape index (κ3) is 2.19. The number of benzene rings is 2. The summed E-state index contributed by atoms with van der Waals surface area (Å²) in [5, 5.41) is 0. The Morgan fingerprint density at radius 3 is 2.32 bits per heavy atom. The van der Waals surface area contributed by atoms with Crippen LogP contribution in [0.2, 0.25) is 0 Å². The van der Waals surface area contributed by atoms with Gasteiger partial charge in [0.1, 0.15) is 5.82 Å². The minimum atomic E-state index is -0.245. The molecule has 0 fully saturated rings. The fraction of sp³-hybridized carbons (Fsp3) is 0.125. The molecular weight excluding hydrogens is 239 g/mol. The van der Waals surface area contributed by atoms with Crippen LogP contribution in [-0.2, 0) is 0 Å². The van der Waals surface area contributed by atoms with E-state index in [0.29, 0.717) is 0 Å². The SMILES string of the molecule is Cc1ccc2nc(-c3ccc(F)cc3)c(C)nc2c1. The molecule has 0 aliphatic heterocycles. The standard InChI is InChI=1S/C16H13FN2/c1-10-3-8-14-15(9-10)18-11(2)16(19-14)12-4-6-13(17)7-5-12/h3-9H,1-2H3. The molecule has 0 N–H and O–H groups in total.